The molecule has 0 aliphatic carbocycles. The molecule has 108 valence electrons. The number of amides is 1. The SMILES string of the molecule is O=C(Nc1cc(Br)ccc1Cl)c1cccc([N+](=O)[O-])c1O. The molecule has 0 fully saturated rings. The number of nitro groups is 1. The monoisotopic (exact) mass is 370 g/mol. The second-order valence-corrected chi connectivity index (χ2v) is 5.33. The highest BCUT2D eigenvalue weighted by Gasteiger charge is 2.21. The first-order valence-electron chi connectivity index (χ1n) is 5.63. The lowest BCUT2D eigenvalue weighted by atomic mass is 10.1. The van der Waals surface area contributed by atoms with Crippen molar-refractivity contribution in [2.24, 2.45) is 0 Å². The van der Waals surface area contributed by atoms with Gasteiger partial charge in [-0.05, 0) is 24.3 Å². The van der Waals surface area contributed by atoms with E-state index in [2.05, 4.69) is 21.2 Å². The number of para-hydroxylation sites is 1. The summed E-state index contributed by atoms with van der Waals surface area (Å²) in [6.07, 6.45) is 0. The van der Waals surface area contributed by atoms with Crippen molar-refractivity contribution < 1.29 is 14.8 Å². The predicted octanol–water partition coefficient (Wildman–Crippen LogP) is 3.97. The fraction of sp³-hybridized carbons (Fsp3) is 0. The number of carbonyl (C=O) groups excluding carboxylic acids is 1. The smallest absolute Gasteiger partial charge is 0.311 e. The lowest BCUT2D eigenvalue weighted by Crippen LogP contribution is -2.13. The zero-order valence-electron chi connectivity index (χ0n) is 10.3. The summed E-state index contributed by atoms with van der Waals surface area (Å²) in [6.45, 7) is 0. The molecule has 0 aliphatic heterocycles. The highest BCUT2D eigenvalue weighted by molar-refractivity contribution is 9.10. The number of phenolic OH excluding ortho intramolecular Hbond substituents is 1. The number of benzene rings is 2. The molecule has 2 N–H and O–H groups in total. The maximum absolute atomic E-state index is 12.1. The average Bonchev–Trinajstić information content (AvgIpc) is 2.42. The van der Waals surface area contributed by atoms with Gasteiger partial charge in [-0.2, -0.15) is 0 Å². The summed E-state index contributed by atoms with van der Waals surface area (Å²) in [5.74, 6) is -1.39. The van der Waals surface area contributed by atoms with E-state index in [1.807, 2.05) is 0 Å². The Morgan fingerprint density at radius 2 is 2.05 bits per heavy atom. The summed E-state index contributed by atoms with van der Waals surface area (Å²) in [5.41, 5.74) is -0.426. The van der Waals surface area contributed by atoms with Gasteiger partial charge in [0.05, 0.1) is 21.2 Å². The van der Waals surface area contributed by atoms with Gasteiger partial charge in [0.15, 0.2) is 0 Å². The molecule has 6 nitrogen and oxygen atoms in total. The molecule has 0 atom stereocenters. The lowest BCUT2D eigenvalue weighted by Gasteiger charge is -2.09. The number of nitrogens with one attached hydrogen (secondary N) is 1. The number of anilines is 1. The number of hydrogen-bond donors (Lipinski definition) is 2. The molecule has 21 heavy (non-hydrogen) atoms. The Labute approximate surface area is 132 Å². The largest absolute Gasteiger partial charge is 0.502 e. The van der Waals surface area contributed by atoms with Crippen LogP contribution in [-0.4, -0.2) is 15.9 Å². The minimum absolute atomic E-state index is 0.208. The molecule has 0 aliphatic rings. The van der Waals surface area contributed by atoms with Gasteiger partial charge in [0.2, 0.25) is 5.75 Å². The van der Waals surface area contributed by atoms with Gasteiger partial charge in [-0.3, -0.25) is 14.9 Å². The maximum Gasteiger partial charge on any atom is 0.311 e. The van der Waals surface area contributed by atoms with Crippen LogP contribution in [-0.2, 0) is 0 Å². The van der Waals surface area contributed by atoms with Gasteiger partial charge < -0.3 is 10.4 Å². The summed E-state index contributed by atoms with van der Waals surface area (Å²) in [7, 11) is 0. The van der Waals surface area contributed by atoms with Crippen molar-refractivity contribution in [3.8, 4) is 5.75 Å². The molecule has 0 saturated carbocycles. The van der Waals surface area contributed by atoms with E-state index in [1.54, 1.807) is 18.2 Å². The summed E-state index contributed by atoms with van der Waals surface area (Å²) in [6, 6.07) is 8.56. The topological polar surface area (TPSA) is 92.5 Å². The summed E-state index contributed by atoms with van der Waals surface area (Å²) >= 11 is 9.18. The quantitative estimate of drug-likeness (QED) is 0.631. The number of phenols is 1. The fourth-order valence-corrected chi connectivity index (χ4v) is 2.17. The molecule has 2 rings (SSSR count). The van der Waals surface area contributed by atoms with Crippen molar-refractivity contribution in [3.63, 3.8) is 0 Å². The second-order valence-electron chi connectivity index (χ2n) is 4.01. The first-order chi connectivity index (χ1) is 9.90. The van der Waals surface area contributed by atoms with Crippen LogP contribution < -0.4 is 5.32 Å². The van der Waals surface area contributed by atoms with Gasteiger partial charge in [-0.1, -0.05) is 33.6 Å². The normalized spacial score (nSPS) is 10.2. The molecule has 0 radical (unpaired) electrons. The van der Waals surface area contributed by atoms with Crippen LogP contribution >= 0.6 is 27.5 Å². The molecule has 2 aromatic carbocycles. The van der Waals surface area contributed by atoms with Crippen LogP contribution in [0.3, 0.4) is 0 Å². The van der Waals surface area contributed by atoms with E-state index in [9.17, 15) is 20.0 Å². The molecular weight excluding hydrogens is 364 g/mol. The summed E-state index contributed by atoms with van der Waals surface area (Å²) in [5, 5.41) is 23.3. The third kappa shape index (κ3) is 3.32. The molecule has 0 heterocycles. The first kappa shape index (κ1) is 15.3. The van der Waals surface area contributed by atoms with Gasteiger partial charge in [0.1, 0.15) is 0 Å². The highest BCUT2D eigenvalue weighted by Crippen LogP contribution is 2.31. The Morgan fingerprint density at radius 1 is 1.33 bits per heavy atom. The van der Waals surface area contributed by atoms with E-state index < -0.39 is 22.3 Å². The van der Waals surface area contributed by atoms with Crippen LogP contribution in [0.5, 0.6) is 5.75 Å². The van der Waals surface area contributed by atoms with Gasteiger partial charge in [0.25, 0.3) is 5.91 Å². The number of rotatable bonds is 3. The lowest BCUT2D eigenvalue weighted by molar-refractivity contribution is -0.385. The van der Waals surface area contributed by atoms with Crippen molar-refractivity contribution in [2.45, 2.75) is 0 Å². The number of aromatic hydroxyl groups is 1. The van der Waals surface area contributed by atoms with Crippen LogP contribution in [0, 0.1) is 10.1 Å². The Kier molecular flexibility index (Phi) is 4.44. The van der Waals surface area contributed by atoms with Gasteiger partial charge in [0, 0.05) is 10.5 Å². The Balaban J connectivity index is 2.35. The number of nitro benzene ring substituents is 1. The van der Waals surface area contributed by atoms with Crippen molar-refractivity contribution in [3.05, 3.63) is 61.6 Å². The van der Waals surface area contributed by atoms with E-state index in [0.717, 1.165) is 6.07 Å². The van der Waals surface area contributed by atoms with Crippen molar-refractivity contribution in [1.29, 1.82) is 0 Å². The molecular formula is C13H8BrClN2O4. The van der Waals surface area contributed by atoms with E-state index >= 15 is 0 Å². The van der Waals surface area contributed by atoms with Gasteiger partial charge in [-0.25, -0.2) is 0 Å². The zero-order valence-corrected chi connectivity index (χ0v) is 12.7. The van der Waals surface area contributed by atoms with Crippen LogP contribution in [0.4, 0.5) is 11.4 Å². The van der Waals surface area contributed by atoms with Crippen LogP contribution in [0.1, 0.15) is 10.4 Å². The van der Waals surface area contributed by atoms with E-state index in [1.165, 1.54) is 12.1 Å². The van der Waals surface area contributed by atoms with Gasteiger partial charge >= 0.3 is 5.69 Å². The van der Waals surface area contributed by atoms with E-state index in [4.69, 9.17) is 11.6 Å². The molecule has 0 saturated heterocycles. The number of nitrogens with zero attached hydrogens (tertiary/aromatic N) is 1. The molecule has 1 amide bonds. The van der Waals surface area contributed by atoms with Crippen LogP contribution in [0.15, 0.2) is 40.9 Å². The fourth-order valence-electron chi connectivity index (χ4n) is 1.64. The van der Waals surface area contributed by atoms with Gasteiger partial charge in [-0.15, -0.1) is 0 Å². The standard InChI is InChI=1S/C13H8BrClN2O4/c14-7-4-5-9(15)10(6-7)16-13(19)8-2-1-3-11(12(8)18)17(20)21/h1-6,18H,(H,16,19). The number of carbonyl (C=O) groups is 1. The third-order valence-corrected chi connectivity index (χ3v) is 3.46. The summed E-state index contributed by atoms with van der Waals surface area (Å²) in [4.78, 5) is 22.1. The van der Waals surface area contributed by atoms with Crippen molar-refractivity contribution in [2.75, 3.05) is 5.32 Å². The maximum atomic E-state index is 12.1. The van der Waals surface area contributed by atoms with Crippen molar-refractivity contribution >= 4 is 44.8 Å². The zero-order chi connectivity index (χ0) is 15.6. The Hall–Kier alpha value is -2.12. The molecule has 0 unspecified atom stereocenters. The Bertz CT molecular complexity index is 736. The minimum atomic E-state index is -0.766. The number of halogens is 2. The number of hydrogen-bond acceptors (Lipinski definition) is 4. The summed E-state index contributed by atoms with van der Waals surface area (Å²) < 4.78 is 0.700. The molecule has 8 heteroatoms. The molecule has 0 spiro atoms. The van der Waals surface area contributed by atoms with Crippen molar-refractivity contribution in [1.82, 2.24) is 0 Å². The highest BCUT2D eigenvalue weighted by atomic mass is 79.9. The second kappa shape index (κ2) is 6.11. The Morgan fingerprint density at radius 3 is 2.71 bits per heavy atom. The van der Waals surface area contributed by atoms with E-state index in [-0.39, 0.29) is 5.56 Å². The van der Waals surface area contributed by atoms with Crippen LogP contribution in [0.25, 0.3) is 0 Å². The van der Waals surface area contributed by atoms with Crippen LogP contribution in [0.2, 0.25) is 5.02 Å². The van der Waals surface area contributed by atoms with E-state index in [0.29, 0.717) is 15.2 Å². The minimum Gasteiger partial charge on any atom is -0.502 e. The molecule has 0 aromatic heterocycles. The molecule has 0 bridgehead atoms. The third-order valence-electron chi connectivity index (χ3n) is 2.63. The first-order valence-corrected chi connectivity index (χ1v) is 6.80. The predicted molar refractivity (Wildman–Crippen MR) is 81.9 cm³/mol. The average molecular weight is 372 g/mol. The molecule has 2 aromatic rings.